The minimum absolute atomic E-state index is 0.180. The van der Waals surface area contributed by atoms with Gasteiger partial charge >= 0.3 is 0 Å². The van der Waals surface area contributed by atoms with Crippen LogP contribution in [0.4, 0.5) is 5.69 Å². The lowest BCUT2D eigenvalue weighted by molar-refractivity contribution is -0.117. The normalized spacial score (nSPS) is 11.5. The van der Waals surface area contributed by atoms with Crippen molar-refractivity contribution in [2.45, 2.75) is 6.42 Å². The van der Waals surface area contributed by atoms with Crippen molar-refractivity contribution < 1.29 is 4.79 Å². The zero-order chi connectivity index (χ0) is 14.9. The molecule has 0 atom stereocenters. The standard InChI is InChI=1S/C17H17N3O/c18-16(11-12-19-15-9-5-2-6-10-15)20-17(21)13-14-7-3-1-4-8-14/h1-12,19H,13H2,(H2,18,20,21)/b12-11-. The molecular weight excluding hydrogens is 262 g/mol. The van der Waals surface area contributed by atoms with E-state index in [1.807, 2.05) is 60.7 Å². The summed E-state index contributed by atoms with van der Waals surface area (Å²) in [6, 6.07) is 19.1. The van der Waals surface area contributed by atoms with Crippen molar-refractivity contribution in [2.24, 2.45) is 10.7 Å². The Morgan fingerprint density at radius 3 is 2.33 bits per heavy atom. The molecule has 0 spiro atoms. The van der Waals surface area contributed by atoms with Crippen LogP contribution in [0.2, 0.25) is 0 Å². The molecule has 106 valence electrons. The van der Waals surface area contributed by atoms with Gasteiger partial charge in [-0.2, -0.15) is 4.99 Å². The van der Waals surface area contributed by atoms with E-state index in [4.69, 9.17) is 5.73 Å². The summed E-state index contributed by atoms with van der Waals surface area (Å²) in [5.41, 5.74) is 7.56. The number of nitrogens with one attached hydrogen (secondary N) is 1. The summed E-state index contributed by atoms with van der Waals surface area (Å²) in [4.78, 5) is 15.6. The second-order valence-corrected chi connectivity index (χ2v) is 4.44. The van der Waals surface area contributed by atoms with Crippen molar-refractivity contribution in [1.29, 1.82) is 0 Å². The molecule has 2 rings (SSSR count). The van der Waals surface area contributed by atoms with E-state index in [2.05, 4.69) is 10.3 Å². The maximum absolute atomic E-state index is 11.7. The van der Waals surface area contributed by atoms with Gasteiger partial charge in [0.25, 0.3) is 5.91 Å². The molecule has 0 aliphatic carbocycles. The second-order valence-electron chi connectivity index (χ2n) is 4.44. The molecule has 0 heterocycles. The van der Waals surface area contributed by atoms with Crippen molar-refractivity contribution in [3.63, 3.8) is 0 Å². The number of para-hydroxylation sites is 1. The third kappa shape index (κ3) is 5.32. The summed E-state index contributed by atoms with van der Waals surface area (Å²) in [5, 5.41) is 3.05. The van der Waals surface area contributed by atoms with E-state index in [9.17, 15) is 4.79 Å². The van der Waals surface area contributed by atoms with Gasteiger partial charge in [-0.05, 0) is 23.8 Å². The average molecular weight is 279 g/mol. The molecule has 0 unspecified atom stereocenters. The zero-order valence-electron chi connectivity index (χ0n) is 11.6. The highest BCUT2D eigenvalue weighted by Gasteiger charge is 2.01. The Hall–Kier alpha value is -2.88. The minimum atomic E-state index is -0.261. The minimum Gasteiger partial charge on any atom is -0.384 e. The van der Waals surface area contributed by atoms with Crippen molar-refractivity contribution in [3.8, 4) is 0 Å². The smallest absolute Gasteiger partial charge is 0.252 e. The molecule has 2 aromatic carbocycles. The highest BCUT2D eigenvalue weighted by Crippen LogP contribution is 2.04. The van der Waals surface area contributed by atoms with E-state index in [1.165, 1.54) is 0 Å². The molecule has 4 nitrogen and oxygen atoms in total. The number of carbonyl (C=O) groups excluding carboxylic acids is 1. The van der Waals surface area contributed by atoms with Gasteiger partial charge in [-0.1, -0.05) is 48.5 Å². The maximum atomic E-state index is 11.7. The molecule has 0 aliphatic rings. The summed E-state index contributed by atoms with van der Waals surface area (Å²) in [7, 11) is 0. The van der Waals surface area contributed by atoms with Crippen LogP contribution in [0.5, 0.6) is 0 Å². The Bertz CT molecular complexity index is 634. The van der Waals surface area contributed by atoms with E-state index in [-0.39, 0.29) is 18.2 Å². The summed E-state index contributed by atoms with van der Waals surface area (Å²) in [6.07, 6.45) is 3.47. The summed E-state index contributed by atoms with van der Waals surface area (Å²) < 4.78 is 0. The average Bonchev–Trinajstić information content (AvgIpc) is 2.49. The van der Waals surface area contributed by atoms with E-state index < -0.39 is 0 Å². The summed E-state index contributed by atoms with van der Waals surface area (Å²) in [6.45, 7) is 0. The molecule has 1 amide bonds. The van der Waals surface area contributed by atoms with E-state index in [1.54, 1.807) is 12.3 Å². The van der Waals surface area contributed by atoms with Crippen LogP contribution in [0.1, 0.15) is 5.56 Å². The monoisotopic (exact) mass is 279 g/mol. The lowest BCUT2D eigenvalue weighted by Gasteiger charge is -1.99. The molecule has 0 aliphatic heterocycles. The van der Waals surface area contributed by atoms with E-state index in [0.29, 0.717) is 0 Å². The van der Waals surface area contributed by atoms with Crippen molar-refractivity contribution >= 4 is 17.4 Å². The zero-order valence-corrected chi connectivity index (χ0v) is 11.6. The molecule has 4 heteroatoms. The van der Waals surface area contributed by atoms with Gasteiger partial charge in [-0.25, -0.2) is 0 Å². The lowest BCUT2D eigenvalue weighted by Crippen LogP contribution is -2.12. The highest BCUT2D eigenvalue weighted by molar-refractivity contribution is 6.00. The molecule has 2 aromatic rings. The van der Waals surface area contributed by atoms with Gasteiger partial charge < -0.3 is 11.1 Å². The van der Waals surface area contributed by atoms with Gasteiger partial charge in [0.15, 0.2) is 0 Å². The van der Waals surface area contributed by atoms with Gasteiger partial charge in [0, 0.05) is 11.9 Å². The Morgan fingerprint density at radius 2 is 1.67 bits per heavy atom. The topological polar surface area (TPSA) is 67.5 Å². The predicted molar refractivity (Wildman–Crippen MR) is 86.0 cm³/mol. The largest absolute Gasteiger partial charge is 0.384 e. The Labute approximate surface area is 124 Å². The van der Waals surface area contributed by atoms with Crippen molar-refractivity contribution in [1.82, 2.24) is 0 Å². The summed E-state index contributed by atoms with van der Waals surface area (Å²) in [5.74, 6) is -0.0811. The number of aliphatic imine (C=N–C) groups is 1. The van der Waals surface area contributed by atoms with Crippen LogP contribution >= 0.6 is 0 Å². The Balaban J connectivity index is 1.87. The number of anilines is 1. The second kappa shape index (κ2) is 7.65. The highest BCUT2D eigenvalue weighted by atomic mass is 16.1. The van der Waals surface area contributed by atoms with E-state index in [0.717, 1.165) is 11.3 Å². The lowest BCUT2D eigenvalue weighted by atomic mass is 10.1. The number of rotatable bonds is 5. The third-order valence-corrected chi connectivity index (χ3v) is 2.73. The fraction of sp³-hybridized carbons (Fsp3) is 0.0588. The van der Waals surface area contributed by atoms with Crippen LogP contribution in [0.15, 0.2) is 77.9 Å². The molecule has 0 saturated heterocycles. The van der Waals surface area contributed by atoms with Gasteiger partial charge in [0.2, 0.25) is 0 Å². The Kier molecular flexibility index (Phi) is 5.29. The van der Waals surface area contributed by atoms with Crippen LogP contribution in [-0.4, -0.2) is 11.7 Å². The first-order chi connectivity index (χ1) is 10.2. The maximum Gasteiger partial charge on any atom is 0.252 e. The van der Waals surface area contributed by atoms with Crippen LogP contribution in [-0.2, 0) is 11.2 Å². The van der Waals surface area contributed by atoms with Crippen LogP contribution in [0, 0.1) is 0 Å². The van der Waals surface area contributed by atoms with Gasteiger partial charge in [-0.3, -0.25) is 4.79 Å². The third-order valence-electron chi connectivity index (χ3n) is 2.73. The number of nitrogens with zero attached hydrogens (tertiary/aromatic N) is 1. The van der Waals surface area contributed by atoms with Crippen molar-refractivity contribution in [2.75, 3.05) is 5.32 Å². The van der Waals surface area contributed by atoms with E-state index >= 15 is 0 Å². The van der Waals surface area contributed by atoms with Crippen molar-refractivity contribution in [3.05, 3.63) is 78.5 Å². The van der Waals surface area contributed by atoms with Gasteiger partial charge in [0.05, 0.1) is 6.42 Å². The van der Waals surface area contributed by atoms with Crippen LogP contribution in [0.25, 0.3) is 0 Å². The summed E-state index contributed by atoms with van der Waals surface area (Å²) >= 11 is 0. The SMILES string of the molecule is NC(/C=C\Nc1ccccc1)=NC(=O)Cc1ccccc1. The fourth-order valence-electron chi connectivity index (χ4n) is 1.75. The number of amidine groups is 1. The molecule has 0 saturated carbocycles. The molecule has 21 heavy (non-hydrogen) atoms. The molecule has 0 bridgehead atoms. The van der Waals surface area contributed by atoms with Crippen LogP contribution < -0.4 is 11.1 Å². The first kappa shape index (κ1) is 14.5. The number of benzene rings is 2. The number of carbonyl (C=O) groups is 1. The van der Waals surface area contributed by atoms with Gasteiger partial charge in [0.1, 0.15) is 5.84 Å². The molecule has 3 N–H and O–H groups in total. The number of amides is 1. The predicted octanol–water partition coefficient (Wildman–Crippen LogP) is 2.74. The Morgan fingerprint density at radius 1 is 1.05 bits per heavy atom. The molecule has 0 radical (unpaired) electrons. The molecule has 0 aromatic heterocycles. The number of nitrogens with two attached hydrogens (primary N) is 1. The number of hydrogen-bond donors (Lipinski definition) is 2. The van der Waals surface area contributed by atoms with Crippen LogP contribution in [0.3, 0.4) is 0 Å². The fourth-order valence-corrected chi connectivity index (χ4v) is 1.75. The first-order valence-electron chi connectivity index (χ1n) is 6.63. The van der Waals surface area contributed by atoms with Gasteiger partial charge in [-0.15, -0.1) is 0 Å². The molecular formula is C17H17N3O. The number of hydrogen-bond acceptors (Lipinski definition) is 2. The first-order valence-corrected chi connectivity index (χ1v) is 6.63. The molecule has 0 fully saturated rings. The quantitative estimate of drug-likeness (QED) is 0.653.